The molecule has 0 radical (unpaired) electrons. The molecule has 4 aliphatic rings. The predicted octanol–water partition coefficient (Wildman–Crippen LogP) is 3.26. The second-order valence-corrected chi connectivity index (χ2v) is 9.15. The van der Waals surface area contributed by atoms with E-state index in [-0.39, 0.29) is 29.1 Å². The fourth-order valence-corrected chi connectivity index (χ4v) is 5.05. The highest BCUT2D eigenvalue weighted by molar-refractivity contribution is 6.18. The van der Waals surface area contributed by atoms with E-state index in [0.717, 1.165) is 29.6 Å². The van der Waals surface area contributed by atoms with Crippen LogP contribution in [0, 0.1) is 17.5 Å². The van der Waals surface area contributed by atoms with Gasteiger partial charge in [0.15, 0.2) is 0 Å². The average molecular weight is 515 g/mol. The van der Waals surface area contributed by atoms with Gasteiger partial charge in [-0.15, -0.1) is 0 Å². The van der Waals surface area contributed by atoms with Gasteiger partial charge in [-0.25, -0.2) is 13.2 Å². The van der Waals surface area contributed by atoms with Gasteiger partial charge in [0.2, 0.25) is 0 Å². The Morgan fingerprint density at radius 2 is 1.76 bits per heavy atom. The van der Waals surface area contributed by atoms with Crippen LogP contribution in [-0.2, 0) is 11.3 Å². The van der Waals surface area contributed by atoms with Crippen LogP contribution in [0.4, 0.5) is 30.2 Å². The van der Waals surface area contributed by atoms with Gasteiger partial charge in [-0.05, 0) is 66.7 Å². The van der Waals surface area contributed by atoms with Gasteiger partial charge in [-0.2, -0.15) is 0 Å². The molecular weight excluding hydrogens is 493 g/mol. The van der Waals surface area contributed by atoms with Crippen molar-refractivity contribution in [2.45, 2.75) is 6.54 Å². The summed E-state index contributed by atoms with van der Waals surface area (Å²) in [6.07, 6.45) is 5.20. The zero-order valence-corrected chi connectivity index (χ0v) is 20.2. The van der Waals surface area contributed by atoms with Gasteiger partial charge in [0.05, 0.1) is 22.5 Å². The summed E-state index contributed by atoms with van der Waals surface area (Å²) in [4.78, 5) is 33.2. The molecule has 0 saturated heterocycles. The van der Waals surface area contributed by atoms with Crippen molar-refractivity contribution in [2.75, 3.05) is 23.4 Å². The van der Waals surface area contributed by atoms with Crippen molar-refractivity contribution < 1.29 is 18.0 Å². The maximum Gasteiger partial charge on any atom is 0.258 e. The molecule has 1 amide bonds. The molecule has 6 nitrogen and oxygen atoms in total. The molecule has 38 heavy (non-hydrogen) atoms. The first kappa shape index (κ1) is 23.6. The summed E-state index contributed by atoms with van der Waals surface area (Å²) in [7, 11) is 1.78. The normalized spacial score (nSPS) is 13.9. The summed E-state index contributed by atoms with van der Waals surface area (Å²) in [5.41, 5.74) is 3.11. The standard InChI is InChI=1S/C29H21F3N4O2/c1-35-12-10-21(28(37)33-15-16-14-18(31)4-8-22(16)32)20-7-9-24-25-23(34-29(38)26(25)27(20)35)11-13-36(24)19-5-2-17(30)3-6-19/h2-12,14H,13,15H2,1H3,(H,33,37)(H,34,38). The number of aromatic amines is 1. The second kappa shape index (κ2) is 8.95. The summed E-state index contributed by atoms with van der Waals surface area (Å²) < 4.78 is 41.3. The van der Waals surface area contributed by atoms with Gasteiger partial charge in [0.25, 0.3) is 11.5 Å². The number of amides is 1. The van der Waals surface area contributed by atoms with Crippen LogP contribution in [0.3, 0.4) is 0 Å². The zero-order chi connectivity index (χ0) is 26.6. The number of halogens is 3. The molecule has 2 aromatic rings. The van der Waals surface area contributed by atoms with Crippen molar-refractivity contribution >= 4 is 34.6 Å². The van der Waals surface area contributed by atoms with Gasteiger partial charge in [0, 0.05) is 53.7 Å². The number of hydrogen-bond acceptors (Lipinski definition) is 4. The van der Waals surface area contributed by atoms with E-state index in [1.54, 1.807) is 42.4 Å². The average Bonchev–Trinajstić information content (AvgIpc) is 3.11. The van der Waals surface area contributed by atoms with Crippen molar-refractivity contribution in [1.82, 2.24) is 10.3 Å². The van der Waals surface area contributed by atoms with E-state index in [1.165, 1.54) is 12.1 Å². The largest absolute Gasteiger partial charge is 0.350 e. The molecule has 1 aliphatic carbocycles. The lowest BCUT2D eigenvalue weighted by molar-refractivity contribution is -0.115. The lowest BCUT2D eigenvalue weighted by atomic mass is 10.0. The van der Waals surface area contributed by atoms with Crippen LogP contribution in [0.1, 0.15) is 5.56 Å². The number of hydrogen-bond donors (Lipinski definition) is 2. The fraction of sp³-hybridized carbons (Fsp3) is 0.103. The van der Waals surface area contributed by atoms with Crippen molar-refractivity contribution in [1.29, 1.82) is 0 Å². The van der Waals surface area contributed by atoms with Crippen LogP contribution in [-0.4, -0.2) is 24.5 Å². The van der Waals surface area contributed by atoms with Crippen molar-refractivity contribution in [2.24, 2.45) is 0 Å². The third-order valence-corrected chi connectivity index (χ3v) is 6.86. The Hall–Kier alpha value is -4.79. The number of benzene rings is 2. The molecule has 0 fully saturated rings. The molecular formula is C29H21F3N4O2. The van der Waals surface area contributed by atoms with Gasteiger partial charge in [0.1, 0.15) is 17.5 Å². The zero-order valence-electron chi connectivity index (χ0n) is 20.2. The summed E-state index contributed by atoms with van der Waals surface area (Å²) in [5, 5.41) is 3.84. The monoisotopic (exact) mass is 514 g/mol. The molecule has 0 unspecified atom stereocenters. The first-order valence-electron chi connectivity index (χ1n) is 11.9. The van der Waals surface area contributed by atoms with Crippen LogP contribution in [0.2, 0.25) is 0 Å². The van der Waals surface area contributed by atoms with E-state index < -0.39 is 17.5 Å². The van der Waals surface area contributed by atoms with Gasteiger partial charge in [-0.3, -0.25) is 9.59 Å². The maximum atomic E-state index is 14.1. The van der Waals surface area contributed by atoms with Crippen LogP contribution in [0.15, 0.2) is 71.7 Å². The molecule has 3 heterocycles. The predicted molar refractivity (Wildman–Crippen MR) is 140 cm³/mol. The Bertz CT molecular complexity index is 1790. The van der Waals surface area contributed by atoms with E-state index in [1.807, 2.05) is 17.0 Å². The Morgan fingerprint density at radius 3 is 2.55 bits per heavy atom. The quantitative estimate of drug-likeness (QED) is 0.439. The molecule has 0 aromatic heterocycles. The van der Waals surface area contributed by atoms with Crippen LogP contribution >= 0.6 is 0 Å². The topological polar surface area (TPSA) is 68.4 Å². The number of anilines is 3. The Kier molecular flexibility index (Phi) is 5.56. The lowest BCUT2D eigenvalue weighted by Crippen LogP contribution is -2.32. The number of carbonyl (C=O) groups is 1. The molecule has 190 valence electrons. The summed E-state index contributed by atoms with van der Waals surface area (Å²) in [6, 6.07) is 12.8. The second-order valence-electron chi connectivity index (χ2n) is 9.15. The smallest absolute Gasteiger partial charge is 0.258 e. The third-order valence-electron chi connectivity index (χ3n) is 6.86. The number of rotatable bonds is 4. The number of carbonyl (C=O) groups excluding carboxylic acids is 1. The van der Waals surface area contributed by atoms with E-state index >= 15 is 0 Å². The summed E-state index contributed by atoms with van der Waals surface area (Å²) in [6.45, 7) is 0.242. The first-order valence-corrected chi connectivity index (χ1v) is 11.9. The van der Waals surface area contributed by atoms with Gasteiger partial charge >= 0.3 is 0 Å². The maximum absolute atomic E-state index is 14.1. The van der Waals surface area contributed by atoms with Gasteiger partial charge in [-0.1, -0.05) is 0 Å². The molecule has 2 N–H and O–H groups in total. The molecule has 0 bridgehead atoms. The van der Waals surface area contributed by atoms with E-state index in [4.69, 9.17) is 0 Å². The Labute approximate surface area is 215 Å². The minimum atomic E-state index is -0.625. The molecule has 0 atom stereocenters. The van der Waals surface area contributed by atoms with Crippen LogP contribution in [0.5, 0.6) is 0 Å². The molecule has 3 aliphatic heterocycles. The first-order chi connectivity index (χ1) is 18.3. The van der Waals surface area contributed by atoms with Crippen LogP contribution in [0.25, 0.3) is 22.8 Å². The summed E-state index contributed by atoms with van der Waals surface area (Å²) in [5.74, 6) is -2.08. The number of aromatic nitrogens is 1. The number of H-pyrrole nitrogens is 1. The van der Waals surface area contributed by atoms with E-state index in [2.05, 4.69) is 10.3 Å². The molecule has 0 saturated carbocycles. The van der Waals surface area contributed by atoms with Crippen molar-refractivity contribution in [3.63, 3.8) is 0 Å². The minimum absolute atomic E-state index is 0.0212. The van der Waals surface area contributed by atoms with E-state index in [9.17, 15) is 22.8 Å². The number of nitrogens with zero attached hydrogens (tertiary/aromatic N) is 2. The Balaban J connectivity index is 1.51. The Morgan fingerprint density at radius 1 is 1.00 bits per heavy atom. The highest BCUT2D eigenvalue weighted by Crippen LogP contribution is 2.37. The van der Waals surface area contributed by atoms with Crippen molar-refractivity contribution in [3.8, 4) is 11.1 Å². The van der Waals surface area contributed by atoms with Crippen LogP contribution < -0.4 is 31.2 Å². The number of nitrogens with one attached hydrogen (secondary N) is 2. The minimum Gasteiger partial charge on any atom is -0.350 e. The van der Waals surface area contributed by atoms with E-state index in [0.29, 0.717) is 33.9 Å². The lowest BCUT2D eigenvalue weighted by Gasteiger charge is -2.27. The van der Waals surface area contributed by atoms with Gasteiger partial charge < -0.3 is 20.1 Å². The SMILES string of the molecule is CN1C=CC(C(=O)NCc2cc(F)ccc2F)=c2ccc3c4c([nH]c(=O)c-4c21)=CCN3c1ccc(F)cc1. The number of fused-ring (bicyclic) bond motifs is 2. The molecule has 0 spiro atoms. The highest BCUT2D eigenvalue weighted by Gasteiger charge is 2.29. The fourth-order valence-electron chi connectivity index (χ4n) is 5.05. The molecule has 9 heteroatoms. The third kappa shape index (κ3) is 3.83. The molecule has 2 aromatic carbocycles. The van der Waals surface area contributed by atoms with Crippen molar-refractivity contribution in [3.05, 3.63) is 111 Å². The summed E-state index contributed by atoms with van der Waals surface area (Å²) >= 11 is 0. The molecule has 6 rings (SSSR count). The highest BCUT2D eigenvalue weighted by atomic mass is 19.1.